The van der Waals surface area contributed by atoms with E-state index in [1.165, 1.54) is 6.07 Å². The molecule has 1 aromatic rings. The van der Waals surface area contributed by atoms with Crippen molar-refractivity contribution in [3.63, 3.8) is 0 Å². The molecule has 136 valence electrons. The van der Waals surface area contributed by atoms with Gasteiger partial charge in [-0.15, -0.1) is 0 Å². The smallest absolute Gasteiger partial charge is 0.440 e. The van der Waals surface area contributed by atoms with E-state index < -0.39 is 41.5 Å². The molecule has 0 spiro atoms. The van der Waals surface area contributed by atoms with Crippen LogP contribution in [0.5, 0.6) is 0 Å². The van der Waals surface area contributed by atoms with Crippen LogP contribution in [0.15, 0.2) is 22.8 Å². The Kier molecular flexibility index (Phi) is 4.21. The van der Waals surface area contributed by atoms with Crippen molar-refractivity contribution in [1.29, 1.82) is 0 Å². The van der Waals surface area contributed by atoms with E-state index in [1.54, 1.807) is 10.6 Å². The molecule has 2 heterocycles. The maximum atomic E-state index is 13.7. The van der Waals surface area contributed by atoms with Crippen LogP contribution in [0.2, 0.25) is 0 Å². The van der Waals surface area contributed by atoms with Crippen LogP contribution in [0.1, 0.15) is 42.7 Å². The minimum absolute atomic E-state index is 0.401. The van der Waals surface area contributed by atoms with Gasteiger partial charge in [0.2, 0.25) is 0 Å². The fraction of sp³-hybridized carbons (Fsp3) is 0.533. The van der Waals surface area contributed by atoms with E-state index >= 15 is 0 Å². The van der Waals surface area contributed by atoms with Crippen LogP contribution in [-0.2, 0) is 4.79 Å². The summed E-state index contributed by atoms with van der Waals surface area (Å²) in [5.74, 6) is -3.17. The highest BCUT2D eigenvalue weighted by Crippen LogP contribution is 2.36. The zero-order chi connectivity index (χ0) is 18.2. The van der Waals surface area contributed by atoms with Crippen molar-refractivity contribution in [3.05, 3.63) is 24.2 Å². The number of carbonyl (C=O) groups excluding carboxylic acids is 3. The van der Waals surface area contributed by atoms with E-state index in [4.69, 9.17) is 4.42 Å². The predicted octanol–water partition coefficient (Wildman–Crippen LogP) is 2.15. The van der Waals surface area contributed by atoms with Crippen molar-refractivity contribution < 1.29 is 32.0 Å². The number of urea groups is 1. The number of hydrogen-bond acceptors (Lipinski definition) is 4. The Morgan fingerprint density at radius 1 is 1.28 bits per heavy atom. The van der Waals surface area contributed by atoms with Crippen molar-refractivity contribution in [2.45, 2.75) is 50.0 Å². The quantitative estimate of drug-likeness (QED) is 0.809. The number of nitrogens with one attached hydrogen (secondary N) is 2. The Morgan fingerprint density at radius 2 is 1.96 bits per heavy atom. The largest absolute Gasteiger partial charge is 0.459 e. The van der Waals surface area contributed by atoms with Crippen LogP contribution in [0.4, 0.5) is 18.0 Å². The molecular formula is C15H16F3N3O4. The molecule has 2 aliphatic rings. The van der Waals surface area contributed by atoms with Crippen LogP contribution < -0.4 is 10.6 Å². The average Bonchev–Trinajstić information content (AvgIpc) is 3.16. The van der Waals surface area contributed by atoms with E-state index in [2.05, 4.69) is 0 Å². The summed E-state index contributed by atoms with van der Waals surface area (Å²) in [6, 6.07) is 0.706. The predicted molar refractivity (Wildman–Crippen MR) is 77.2 cm³/mol. The molecule has 1 aliphatic carbocycles. The van der Waals surface area contributed by atoms with Gasteiger partial charge in [-0.2, -0.15) is 13.2 Å². The molecule has 3 rings (SSSR count). The topological polar surface area (TPSA) is 91.7 Å². The van der Waals surface area contributed by atoms with Gasteiger partial charge in [-0.3, -0.25) is 19.8 Å². The lowest BCUT2D eigenvalue weighted by atomic mass is 9.94. The van der Waals surface area contributed by atoms with Gasteiger partial charge < -0.3 is 9.73 Å². The van der Waals surface area contributed by atoms with Gasteiger partial charge in [0.1, 0.15) is 0 Å². The summed E-state index contributed by atoms with van der Waals surface area (Å²) in [6.45, 7) is 0. The highest BCUT2D eigenvalue weighted by molar-refractivity contribution is 6.10. The third-order valence-corrected chi connectivity index (χ3v) is 4.46. The summed E-state index contributed by atoms with van der Waals surface area (Å²) in [7, 11) is 0. The standard InChI is InChI=1S/C15H16F3N3O4/c16-15(17,18)14(19-11(22)10-7-4-8-25-10)12(23)21(13(24)20-14)9-5-2-1-3-6-9/h4,7-9H,1-3,5-6H2,(H,19,22)(H,20,24)/t14-/m0/s1. The highest BCUT2D eigenvalue weighted by Gasteiger charge is 2.69. The normalized spacial score (nSPS) is 25.2. The van der Waals surface area contributed by atoms with Crippen LogP contribution in [0.25, 0.3) is 0 Å². The molecule has 0 radical (unpaired) electrons. The molecule has 0 bridgehead atoms. The molecule has 1 saturated carbocycles. The number of amides is 4. The van der Waals surface area contributed by atoms with Gasteiger partial charge in [-0.1, -0.05) is 19.3 Å². The van der Waals surface area contributed by atoms with Gasteiger partial charge in [0.15, 0.2) is 5.76 Å². The van der Waals surface area contributed by atoms with Crippen molar-refractivity contribution in [3.8, 4) is 0 Å². The first-order chi connectivity index (χ1) is 11.8. The van der Waals surface area contributed by atoms with E-state index in [1.807, 2.05) is 0 Å². The molecular weight excluding hydrogens is 343 g/mol. The fourth-order valence-corrected chi connectivity index (χ4v) is 3.21. The number of carbonyl (C=O) groups is 3. The summed E-state index contributed by atoms with van der Waals surface area (Å²) in [6.07, 6.45) is -0.874. The molecule has 0 aromatic carbocycles. The molecule has 1 atom stereocenters. The van der Waals surface area contributed by atoms with Gasteiger partial charge in [0.25, 0.3) is 17.5 Å². The molecule has 1 aromatic heterocycles. The second-order valence-electron chi connectivity index (χ2n) is 6.08. The van der Waals surface area contributed by atoms with Gasteiger partial charge in [-0.25, -0.2) is 4.79 Å². The summed E-state index contributed by atoms with van der Waals surface area (Å²) >= 11 is 0. The van der Waals surface area contributed by atoms with Crippen LogP contribution in [0.3, 0.4) is 0 Å². The van der Waals surface area contributed by atoms with Gasteiger partial charge in [0.05, 0.1) is 6.26 Å². The van der Waals surface area contributed by atoms with Crippen LogP contribution in [-0.4, -0.2) is 40.6 Å². The number of nitrogens with zero attached hydrogens (tertiary/aromatic N) is 1. The van der Waals surface area contributed by atoms with Crippen molar-refractivity contribution in [2.75, 3.05) is 0 Å². The number of halogens is 3. The Balaban J connectivity index is 1.92. The first-order valence-electron chi connectivity index (χ1n) is 7.85. The Labute approximate surface area is 140 Å². The molecule has 25 heavy (non-hydrogen) atoms. The fourth-order valence-electron chi connectivity index (χ4n) is 3.21. The zero-order valence-electron chi connectivity index (χ0n) is 13.1. The minimum atomic E-state index is -5.22. The highest BCUT2D eigenvalue weighted by atomic mass is 19.4. The summed E-state index contributed by atoms with van der Waals surface area (Å²) in [4.78, 5) is 37.3. The van der Waals surface area contributed by atoms with Crippen molar-refractivity contribution in [2.24, 2.45) is 0 Å². The van der Waals surface area contributed by atoms with Crippen LogP contribution >= 0.6 is 0 Å². The Hall–Kier alpha value is -2.52. The maximum absolute atomic E-state index is 13.7. The van der Waals surface area contributed by atoms with E-state index in [9.17, 15) is 27.6 Å². The third kappa shape index (κ3) is 2.85. The third-order valence-electron chi connectivity index (χ3n) is 4.46. The molecule has 1 saturated heterocycles. The molecule has 7 nitrogen and oxygen atoms in total. The second kappa shape index (κ2) is 6.08. The number of hydrogen-bond donors (Lipinski definition) is 2. The first kappa shape index (κ1) is 17.3. The average molecular weight is 359 g/mol. The van der Waals surface area contributed by atoms with E-state index in [-0.39, 0.29) is 0 Å². The number of furan rings is 1. The zero-order valence-corrected chi connectivity index (χ0v) is 13.1. The van der Waals surface area contributed by atoms with E-state index in [0.29, 0.717) is 17.7 Å². The number of imide groups is 1. The maximum Gasteiger partial charge on any atom is 0.440 e. The minimum Gasteiger partial charge on any atom is -0.459 e. The molecule has 1 aliphatic heterocycles. The van der Waals surface area contributed by atoms with Gasteiger partial charge >= 0.3 is 12.2 Å². The summed E-state index contributed by atoms with van der Waals surface area (Å²) in [5.41, 5.74) is -3.49. The summed E-state index contributed by atoms with van der Waals surface area (Å²) < 4.78 is 45.8. The molecule has 10 heteroatoms. The SMILES string of the molecule is O=C(N[C@]1(C(F)(F)F)NC(=O)N(C2CCCCC2)C1=O)c1ccco1. The second-order valence-corrected chi connectivity index (χ2v) is 6.08. The molecule has 2 fully saturated rings. The monoisotopic (exact) mass is 359 g/mol. The van der Waals surface area contributed by atoms with Crippen LogP contribution in [0, 0.1) is 0 Å². The van der Waals surface area contributed by atoms with E-state index in [0.717, 1.165) is 31.6 Å². The van der Waals surface area contributed by atoms with Gasteiger partial charge in [0, 0.05) is 6.04 Å². The lowest BCUT2D eigenvalue weighted by Gasteiger charge is -2.32. The lowest BCUT2D eigenvalue weighted by molar-refractivity contribution is -0.200. The van der Waals surface area contributed by atoms with Crippen molar-refractivity contribution >= 4 is 17.8 Å². The first-order valence-corrected chi connectivity index (χ1v) is 7.85. The molecule has 0 unspecified atom stereocenters. The summed E-state index contributed by atoms with van der Waals surface area (Å²) in [5, 5.41) is 3.24. The number of rotatable bonds is 3. The Morgan fingerprint density at radius 3 is 2.52 bits per heavy atom. The van der Waals surface area contributed by atoms with Gasteiger partial charge in [-0.05, 0) is 25.0 Å². The van der Waals surface area contributed by atoms with Crippen molar-refractivity contribution in [1.82, 2.24) is 15.5 Å². The lowest BCUT2D eigenvalue weighted by Crippen LogP contribution is -2.69. The molecule has 2 N–H and O–H groups in total. The molecule has 4 amide bonds. The Bertz CT molecular complexity index is 683. The number of alkyl halides is 3.